The standard InChI is InChI=1S/C25H24N4O4S/c1-30-20-12-10-19(14-23(20)32-3)24-27-28-25(34)29(24)26-15-18-9-11-21(22(13-18)31-2)33-16-17-7-5-4-6-8-17/h4-15H,16H2,1-3H3,(H,28,34)/b26-15+. The van der Waals surface area contributed by atoms with Gasteiger partial charge in [0.05, 0.1) is 27.5 Å². The number of nitrogens with one attached hydrogen (secondary N) is 1. The zero-order valence-electron chi connectivity index (χ0n) is 19.0. The van der Waals surface area contributed by atoms with Crippen molar-refractivity contribution in [3.63, 3.8) is 0 Å². The third kappa shape index (κ3) is 5.10. The molecule has 4 rings (SSSR count). The summed E-state index contributed by atoms with van der Waals surface area (Å²) in [4.78, 5) is 0. The average Bonchev–Trinajstić information content (AvgIpc) is 3.26. The van der Waals surface area contributed by atoms with Gasteiger partial charge >= 0.3 is 0 Å². The van der Waals surface area contributed by atoms with Gasteiger partial charge in [0.2, 0.25) is 4.77 Å². The predicted octanol–water partition coefficient (Wildman–Crippen LogP) is 5.09. The predicted molar refractivity (Wildman–Crippen MR) is 133 cm³/mol. The van der Waals surface area contributed by atoms with E-state index in [9.17, 15) is 0 Å². The first kappa shape index (κ1) is 23.1. The molecular weight excluding hydrogens is 452 g/mol. The van der Waals surface area contributed by atoms with Crippen molar-refractivity contribution in [3.8, 4) is 34.4 Å². The van der Waals surface area contributed by atoms with Crippen molar-refractivity contribution in [2.45, 2.75) is 6.61 Å². The van der Waals surface area contributed by atoms with Crippen molar-refractivity contribution in [3.05, 3.63) is 82.6 Å². The molecule has 0 atom stereocenters. The van der Waals surface area contributed by atoms with E-state index in [0.717, 1.165) is 16.7 Å². The van der Waals surface area contributed by atoms with E-state index in [1.807, 2.05) is 60.7 Å². The smallest absolute Gasteiger partial charge is 0.216 e. The van der Waals surface area contributed by atoms with Crippen molar-refractivity contribution in [1.82, 2.24) is 14.9 Å². The van der Waals surface area contributed by atoms with Crippen LogP contribution in [0, 0.1) is 4.77 Å². The molecule has 174 valence electrons. The first-order chi connectivity index (χ1) is 16.6. The van der Waals surface area contributed by atoms with Gasteiger partial charge in [0.25, 0.3) is 0 Å². The lowest BCUT2D eigenvalue weighted by molar-refractivity contribution is 0.284. The summed E-state index contributed by atoms with van der Waals surface area (Å²) < 4.78 is 24.1. The molecule has 0 unspecified atom stereocenters. The number of nitrogens with zero attached hydrogens (tertiary/aromatic N) is 3. The van der Waals surface area contributed by atoms with Gasteiger partial charge in [0.15, 0.2) is 28.8 Å². The van der Waals surface area contributed by atoms with Gasteiger partial charge in [-0.15, -0.1) is 0 Å². The van der Waals surface area contributed by atoms with Crippen LogP contribution in [0.3, 0.4) is 0 Å². The number of hydrogen-bond acceptors (Lipinski definition) is 7. The number of ether oxygens (including phenoxy) is 4. The number of methoxy groups -OCH3 is 3. The first-order valence-corrected chi connectivity index (χ1v) is 10.8. The summed E-state index contributed by atoms with van der Waals surface area (Å²) in [5, 5.41) is 11.6. The summed E-state index contributed by atoms with van der Waals surface area (Å²) in [7, 11) is 4.77. The minimum absolute atomic E-state index is 0.357. The Balaban J connectivity index is 1.57. The number of aromatic nitrogens is 3. The highest BCUT2D eigenvalue weighted by atomic mass is 32.1. The maximum atomic E-state index is 5.93. The minimum Gasteiger partial charge on any atom is -0.493 e. The van der Waals surface area contributed by atoms with Gasteiger partial charge in [-0.1, -0.05) is 30.3 Å². The largest absolute Gasteiger partial charge is 0.493 e. The van der Waals surface area contributed by atoms with Crippen molar-refractivity contribution >= 4 is 18.4 Å². The van der Waals surface area contributed by atoms with E-state index in [-0.39, 0.29) is 0 Å². The quantitative estimate of drug-likeness (QED) is 0.268. The van der Waals surface area contributed by atoms with Crippen LogP contribution < -0.4 is 18.9 Å². The molecule has 34 heavy (non-hydrogen) atoms. The van der Waals surface area contributed by atoms with Gasteiger partial charge in [0.1, 0.15) is 6.61 Å². The lowest BCUT2D eigenvalue weighted by Gasteiger charge is -2.11. The molecular formula is C25H24N4O4S. The Morgan fingerprint density at radius 1 is 0.882 bits per heavy atom. The summed E-state index contributed by atoms with van der Waals surface area (Å²) in [6.45, 7) is 0.448. The normalized spacial score (nSPS) is 10.9. The number of hydrogen-bond donors (Lipinski definition) is 1. The Kier molecular flexibility index (Phi) is 7.24. The van der Waals surface area contributed by atoms with Gasteiger partial charge in [-0.25, -0.2) is 5.10 Å². The molecule has 0 bridgehead atoms. The molecule has 1 aromatic heterocycles. The zero-order valence-corrected chi connectivity index (χ0v) is 19.8. The third-order valence-electron chi connectivity index (χ3n) is 5.04. The lowest BCUT2D eigenvalue weighted by atomic mass is 10.2. The monoisotopic (exact) mass is 476 g/mol. The molecule has 0 saturated heterocycles. The molecule has 0 aliphatic heterocycles. The van der Waals surface area contributed by atoms with Crippen LogP contribution in [-0.2, 0) is 6.61 Å². The average molecular weight is 477 g/mol. The van der Waals surface area contributed by atoms with Crippen LogP contribution in [0.15, 0.2) is 71.8 Å². The molecule has 9 heteroatoms. The van der Waals surface area contributed by atoms with E-state index >= 15 is 0 Å². The first-order valence-electron chi connectivity index (χ1n) is 10.4. The SMILES string of the molecule is COc1ccc(-c2n[nH]c(=S)n2/N=C/c2ccc(OCc3ccccc3)c(OC)c2)cc1OC. The van der Waals surface area contributed by atoms with Crippen LogP contribution in [0.2, 0.25) is 0 Å². The molecule has 0 spiro atoms. The fraction of sp³-hybridized carbons (Fsp3) is 0.160. The van der Waals surface area contributed by atoms with Crippen LogP contribution in [-0.4, -0.2) is 42.4 Å². The van der Waals surface area contributed by atoms with Crippen molar-refractivity contribution in [1.29, 1.82) is 0 Å². The Bertz CT molecular complexity index is 1350. The van der Waals surface area contributed by atoms with Crippen LogP contribution >= 0.6 is 12.2 Å². The van der Waals surface area contributed by atoms with Crippen LogP contribution in [0.1, 0.15) is 11.1 Å². The highest BCUT2D eigenvalue weighted by Gasteiger charge is 2.12. The summed E-state index contributed by atoms with van der Waals surface area (Å²) in [5.74, 6) is 3.00. The van der Waals surface area contributed by atoms with Crippen LogP contribution in [0.25, 0.3) is 11.4 Å². The molecule has 1 N–H and O–H groups in total. The Hall–Kier alpha value is -4.11. The van der Waals surface area contributed by atoms with Crippen molar-refractivity contribution < 1.29 is 18.9 Å². The van der Waals surface area contributed by atoms with Crippen molar-refractivity contribution in [2.24, 2.45) is 5.10 Å². The zero-order chi connectivity index (χ0) is 23.9. The van der Waals surface area contributed by atoms with Gasteiger partial charge in [-0.3, -0.25) is 0 Å². The number of rotatable bonds is 9. The molecule has 0 amide bonds. The molecule has 4 aromatic rings. The van der Waals surface area contributed by atoms with E-state index in [1.165, 1.54) is 0 Å². The van der Waals surface area contributed by atoms with Crippen LogP contribution in [0.5, 0.6) is 23.0 Å². The minimum atomic E-state index is 0.357. The Morgan fingerprint density at radius 3 is 2.32 bits per heavy atom. The summed E-state index contributed by atoms with van der Waals surface area (Å²) >= 11 is 5.38. The topological polar surface area (TPSA) is 82.9 Å². The number of H-pyrrole nitrogens is 1. The maximum absolute atomic E-state index is 5.93. The molecule has 0 radical (unpaired) electrons. The fourth-order valence-electron chi connectivity index (χ4n) is 3.30. The molecule has 3 aromatic carbocycles. The molecule has 8 nitrogen and oxygen atoms in total. The third-order valence-corrected chi connectivity index (χ3v) is 5.30. The van der Waals surface area contributed by atoms with E-state index in [0.29, 0.717) is 40.2 Å². The van der Waals surface area contributed by atoms with E-state index in [2.05, 4.69) is 15.3 Å². The second-order valence-electron chi connectivity index (χ2n) is 7.16. The fourth-order valence-corrected chi connectivity index (χ4v) is 3.48. The summed E-state index contributed by atoms with van der Waals surface area (Å²) in [5.41, 5.74) is 2.65. The Morgan fingerprint density at radius 2 is 1.59 bits per heavy atom. The number of aromatic amines is 1. The van der Waals surface area contributed by atoms with E-state index in [4.69, 9.17) is 31.2 Å². The highest BCUT2D eigenvalue weighted by molar-refractivity contribution is 7.71. The van der Waals surface area contributed by atoms with Gasteiger partial charge < -0.3 is 18.9 Å². The molecule has 0 aliphatic carbocycles. The molecule has 1 heterocycles. The van der Waals surface area contributed by atoms with Gasteiger partial charge in [-0.2, -0.15) is 14.9 Å². The van der Waals surface area contributed by atoms with Gasteiger partial charge in [-0.05, 0) is 59.7 Å². The summed E-state index contributed by atoms with van der Waals surface area (Å²) in [6, 6.07) is 21.0. The van der Waals surface area contributed by atoms with E-state index in [1.54, 1.807) is 38.3 Å². The van der Waals surface area contributed by atoms with Gasteiger partial charge in [0, 0.05) is 5.56 Å². The second-order valence-corrected chi connectivity index (χ2v) is 7.55. The van der Waals surface area contributed by atoms with Crippen molar-refractivity contribution in [2.75, 3.05) is 21.3 Å². The molecule has 0 aliphatic rings. The number of benzene rings is 3. The second kappa shape index (κ2) is 10.7. The molecule has 0 saturated carbocycles. The van der Waals surface area contributed by atoms with E-state index < -0.39 is 0 Å². The maximum Gasteiger partial charge on any atom is 0.216 e. The Labute approximate surface area is 202 Å². The van der Waals surface area contributed by atoms with Crippen LogP contribution in [0.4, 0.5) is 0 Å². The molecule has 0 fully saturated rings. The summed E-state index contributed by atoms with van der Waals surface area (Å²) in [6.07, 6.45) is 1.68. The highest BCUT2D eigenvalue weighted by Crippen LogP contribution is 2.32. The lowest BCUT2D eigenvalue weighted by Crippen LogP contribution is -1.99.